The second kappa shape index (κ2) is 10.3. The number of nitrogens with one attached hydrogen (secondary N) is 1. The van der Waals surface area contributed by atoms with Crippen molar-refractivity contribution in [3.05, 3.63) is 82.9 Å². The quantitative estimate of drug-likeness (QED) is 0.301. The summed E-state index contributed by atoms with van der Waals surface area (Å²) in [6, 6.07) is 21.7. The Kier molecular flexibility index (Phi) is 7.22. The SMILES string of the molecule is COc1ccccc1C=C(CC(=O)Nc1cc(C(C)(C)C)ccc1OC)c1nc2ccccc2s1. The molecule has 180 valence electrons. The zero-order valence-electron chi connectivity index (χ0n) is 20.7. The van der Waals surface area contributed by atoms with Gasteiger partial charge in [0.15, 0.2) is 0 Å². The minimum atomic E-state index is -0.144. The number of thiazole rings is 1. The van der Waals surface area contributed by atoms with E-state index in [4.69, 9.17) is 14.5 Å². The van der Waals surface area contributed by atoms with Gasteiger partial charge in [0.2, 0.25) is 5.91 Å². The van der Waals surface area contributed by atoms with Crippen LogP contribution in [0.25, 0.3) is 21.9 Å². The maximum absolute atomic E-state index is 13.3. The number of rotatable bonds is 7. The molecule has 1 N–H and O–H groups in total. The van der Waals surface area contributed by atoms with E-state index < -0.39 is 0 Å². The summed E-state index contributed by atoms with van der Waals surface area (Å²) < 4.78 is 12.1. The number of methoxy groups -OCH3 is 2. The van der Waals surface area contributed by atoms with Gasteiger partial charge in [-0.2, -0.15) is 0 Å². The second-order valence-corrected chi connectivity index (χ2v) is 10.3. The molecule has 1 heterocycles. The van der Waals surface area contributed by atoms with E-state index in [-0.39, 0.29) is 17.7 Å². The first-order chi connectivity index (χ1) is 16.8. The Balaban J connectivity index is 1.70. The van der Waals surface area contributed by atoms with E-state index in [9.17, 15) is 4.79 Å². The van der Waals surface area contributed by atoms with E-state index in [1.54, 1.807) is 25.6 Å². The Morgan fingerprint density at radius 3 is 2.40 bits per heavy atom. The molecule has 1 aromatic heterocycles. The predicted molar refractivity (Wildman–Crippen MR) is 145 cm³/mol. The fourth-order valence-electron chi connectivity index (χ4n) is 3.81. The van der Waals surface area contributed by atoms with Gasteiger partial charge in [-0.15, -0.1) is 11.3 Å². The second-order valence-electron chi connectivity index (χ2n) is 9.29. The molecule has 0 aliphatic heterocycles. The van der Waals surface area contributed by atoms with Crippen LogP contribution in [0, 0.1) is 0 Å². The van der Waals surface area contributed by atoms with Gasteiger partial charge in [-0.3, -0.25) is 4.79 Å². The lowest BCUT2D eigenvalue weighted by molar-refractivity contribution is -0.115. The zero-order valence-corrected chi connectivity index (χ0v) is 21.5. The van der Waals surface area contributed by atoms with Crippen molar-refractivity contribution in [2.24, 2.45) is 0 Å². The molecule has 0 atom stereocenters. The third kappa shape index (κ3) is 5.72. The van der Waals surface area contributed by atoms with Crippen LogP contribution in [0.1, 0.15) is 43.3 Å². The van der Waals surface area contributed by atoms with Crippen LogP contribution in [0.2, 0.25) is 0 Å². The summed E-state index contributed by atoms with van der Waals surface area (Å²) in [7, 11) is 3.25. The van der Waals surface area contributed by atoms with E-state index in [0.29, 0.717) is 11.4 Å². The first kappa shape index (κ1) is 24.5. The number of anilines is 1. The van der Waals surface area contributed by atoms with Crippen LogP contribution in [0.3, 0.4) is 0 Å². The van der Waals surface area contributed by atoms with Crippen LogP contribution in [-0.2, 0) is 10.2 Å². The van der Waals surface area contributed by atoms with E-state index in [2.05, 4.69) is 26.1 Å². The summed E-state index contributed by atoms with van der Waals surface area (Å²) in [6.07, 6.45) is 2.14. The summed E-state index contributed by atoms with van der Waals surface area (Å²) in [5.74, 6) is 1.22. The largest absolute Gasteiger partial charge is 0.496 e. The minimum Gasteiger partial charge on any atom is -0.496 e. The van der Waals surface area contributed by atoms with Crippen LogP contribution >= 0.6 is 11.3 Å². The number of amides is 1. The van der Waals surface area contributed by atoms with Crippen molar-refractivity contribution in [3.63, 3.8) is 0 Å². The average Bonchev–Trinajstić information content (AvgIpc) is 3.27. The lowest BCUT2D eigenvalue weighted by atomic mass is 9.87. The molecular formula is C29H30N2O3S. The Morgan fingerprint density at radius 1 is 0.971 bits per heavy atom. The summed E-state index contributed by atoms with van der Waals surface area (Å²) in [5, 5.41) is 3.87. The van der Waals surface area contributed by atoms with Crippen molar-refractivity contribution in [2.75, 3.05) is 19.5 Å². The third-order valence-corrected chi connectivity index (χ3v) is 6.84. The highest BCUT2D eigenvalue weighted by Crippen LogP contribution is 2.34. The predicted octanol–water partition coefficient (Wildman–Crippen LogP) is 7.18. The van der Waals surface area contributed by atoms with Gasteiger partial charge >= 0.3 is 0 Å². The van der Waals surface area contributed by atoms with Gasteiger partial charge < -0.3 is 14.8 Å². The monoisotopic (exact) mass is 486 g/mol. The number of aromatic nitrogens is 1. The topological polar surface area (TPSA) is 60.5 Å². The molecule has 0 spiro atoms. The van der Waals surface area contributed by atoms with Gasteiger partial charge in [-0.1, -0.05) is 57.2 Å². The molecule has 0 saturated heterocycles. The molecule has 4 aromatic rings. The van der Waals surface area contributed by atoms with Crippen molar-refractivity contribution in [1.29, 1.82) is 0 Å². The zero-order chi connectivity index (χ0) is 25.0. The fourth-order valence-corrected chi connectivity index (χ4v) is 4.79. The number of fused-ring (bicyclic) bond motifs is 1. The molecule has 0 saturated carbocycles. The molecule has 4 rings (SSSR count). The molecule has 3 aromatic carbocycles. The summed E-state index contributed by atoms with van der Waals surface area (Å²) in [4.78, 5) is 18.1. The minimum absolute atomic E-state index is 0.0539. The van der Waals surface area contributed by atoms with Gasteiger partial charge in [0.1, 0.15) is 16.5 Å². The number of benzene rings is 3. The third-order valence-electron chi connectivity index (χ3n) is 5.73. The molecular weight excluding hydrogens is 456 g/mol. The molecule has 0 radical (unpaired) electrons. The van der Waals surface area contributed by atoms with Crippen LogP contribution in [-0.4, -0.2) is 25.1 Å². The smallest absolute Gasteiger partial charge is 0.229 e. The van der Waals surface area contributed by atoms with Gasteiger partial charge in [0.05, 0.1) is 36.5 Å². The molecule has 0 aliphatic carbocycles. The van der Waals surface area contributed by atoms with E-state index in [1.807, 2.05) is 72.8 Å². The van der Waals surface area contributed by atoms with Crippen LogP contribution in [0.15, 0.2) is 66.7 Å². The Morgan fingerprint density at radius 2 is 1.69 bits per heavy atom. The highest BCUT2D eigenvalue weighted by molar-refractivity contribution is 7.19. The van der Waals surface area contributed by atoms with E-state index >= 15 is 0 Å². The van der Waals surface area contributed by atoms with Gasteiger partial charge in [0.25, 0.3) is 0 Å². The standard InChI is InChI=1S/C29H30N2O3S/c1-29(2,3)21-14-15-25(34-5)23(18-21)30-27(32)17-20(16-19-10-6-8-12-24(19)33-4)28-31-22-11-7-9-13-26(22)35-28/h6-16,18H,17H2,1-5H3,(H,30,32). The van der Waals surface area contributed by atoms with Crippen molar-refractivity contribution >= 4 is 44.8 Å². The molecule has 0 bridgehead atoms. The summed E-state index contributed by atoms with van der Waals surface area (Å²) in [5.41, 5.74) is 4.35. The van der Waals surface area contributed by atoms with Crippen molar-refractivity contribution in [1.82, 2.24) is 4.98 Å². The number of ether oxygens (including phenoxy) is 2. The maximum Gasteiger partial charge on any atom is 0.229 e. The Hall–Kier alpha value is -3.64. The molecule has 6 heteroatoms. The molecule has 5 nitrogen and oxygen atoms in total. The molecule has 1 amide bonds. The van der Waals surface area contributed by atoms with E-state index in [1.165, 1.54) is 0 Å². The molecule has 35 heavy (non-hydrogen) atoms. The maximum atomic E-state index is 13.3. The number of nitrogens with zero attached hydrogens (tertiary/aromatic N) is 1. The average molecular weight is 487 g/mol. The molecule has 0 unspecified atom stereocenters. The summed E-state index contributed by atoms with van der Waals surface area (Å²) >= 11 is 1.57. The lowest BCUT2D eigenvalue weighted by Gasteiger charge is -2.21. The lowest BCUT2D eigenvalue weighted by Crippen LogP contribution is -2.15. The number of carbonyl (C=O) groups is 1. The Bertz CT molecular complexity index is 1350. The van der Waals surface area contributed by atoms with Crippen LogP contribution in [0.5, 0.6) is 11.5 Å². The highest BCUT2D eigenvalue weighted by Gasteiger charge is 2.19. The normalized spacial score (nSPS) is 12.0. The highest BCUT2D eigenvalue weighted by atomic mass is 32.1. The number of carbonyl (C=O) groups excluding carboxylic acids is 1. The molecule has 0 fully saturated rings. The molecule has 0 aliphatic rings. The summed E-state index contributed by atoms with van der Waals surface area (Å²) in [6.45, 7) is 6.42. The van der Waals surface area contributed by atoms with Crippen molar-refractivity contribution in [2.45, 2.75) is 32.6 Å². The van der Waals surface area contributed by atoms with Gasteiger partial charge in [-0.25, -0.2) is 4.98 Å². The van der Waals surface area contributed by atoms with Crippen LogP contribution in [0.4, 0.5) is 5.69 Å². The fraction of sp³-hybridized carbons (Fsp3) is 0.241. The van der Waals surface area contributed by atoms with Crippen molar-refractivity contribution in [3.8, 4) is 11.5 Å². The first-order valence-electron chi connectivity index (χ1n) is 11.5. The number of hydrogen-bond donors (Lipinski definition) is 1. The number of hydrogen-bond acceptors (Lipinski definition) is 5. The van der Waals surface area contributed by atoms with Gasteiger partial charge in [0, 0.05) is 5.56 Å². The van der Waals surface area contributed by atoms with Crippen molar-refractivity contribution < 1.29 is 14.3 Å². The van der Waals surface area contributed by atoms with E-state index in [0.717, 1.165) is 37.7 Å². The van der Waals surface area contributed by atoms with Crippen LogP contribution < -0.4 is 14.8 Å². The first-order valence-corrected chi connectivity index (χ1v) is 12.3. The Labute approximate surface area is 210 Å². The number of para-hydroxylation sites is 2. The van der Waals surface area contributed by atoms with Gasteiger partial charge in [-0.05, 0) is 53.0 Å².